The molecule has 0 radical (unpaired) electrons. The molecule has 0 saturated carbocycles. The maximum Gasteiger partial charge on any atom is 0.270 e. The van der Waals surface area contributed by atoms with Crippen molar-refractivity contribution in [3.63, 3.8) is 0 Å². The van der Waals surface area contributed by atoms with E-state index in [1.165, 1.54) is 18.2 Å². The molecule has 3 rings (SSSR count). The Hall–Kier alpha value is -2.15. The van der Waals surface area contributed by atoms with Crippen molar-refractivity contribution in [2.45, 2.75) is 25.0 Å². The summed E-state index contributed by atoms with van der Waals surface area (Å²) in [6.07, 6.45) is 0.327. The zero-order chi connectivity index (χ0) is 14.3. The first-order valence-electron chi connectivity index (χ1n) is 6.46. The molecule has 0 bridgehead atoms. The number of fused-ring (bicyclic) bond motifs is 1. The average molecular weight is 278 g/mol. The highest BCUT2D eigenvalue weighted by atomic mass is 16.6. The fourth-order valence-electron chi connectivity index (χ4n) is 2.82. The molecular weight excluding hydrogens is 264 g/mol. The molecule has 106 valence electrons. The van der Waals surface area contributed by atoms with Crippen LogP contribution in [0, 0.1) is 10.1 Å². The highest BCUT2D eigenvalue weighted by Gasteiger charge is 2.39. The minimum Gasteiger partial charge on any atom is -0.490 e. The number of aliphatic hydroxyl groups excluding tert-OH is 1. The highest BCUT2D eigenvalue weighted by molar-refractivity contribution is 5.79. The molecule has 1 saturated heterocycles. The molecule has 0 spiro atoms. The van der Waals surface area contributed by atoms with Gasteiger partial charge in [0.15, 0.2) is 0 Å². The average Bonchev–Trinajstić information content (AvgIpc) is 2.84. The SMILES string of the molecule is O=C1CCCN1[C@@H]1c2cc([N+](=O)[O-])ccc2OC[C@H]1O. The van der Waals surface area contributed by atoms with E-state index < -0.39 is 17.1 Å². The first-order valence-corrected chi connectivity index (χ1v) is 6.46. The normalized spacial score (nSPS) is 25.2. The van der Waals surface area contributed by atoms with E-state index in [1.54, 1.807) is 4.90 Å². The van der Waals surface area contributed by atoms with Crippen molar-refractivity contribution in [3.05, 3.63) is 33.9 Å². The number of nitro benzene ring substituents is 1. The second-order valence-electron chi connectivity index (χ2n) is 4.99. The molecule has 0 aromatic heterocycles. The van der Waals surface area contributed by atoms with E-state index in [0.717, 1.165) is 6.42 Å². The number of carbonyl (C=O) groups excluding carboxylic acids is 1. The summed E-state index contributed by atoms with van der Waals surface area (Å²) in [5.41, 5.74) is 0.436. The van der Waals surface area contributed by atoms with Crippen LogP contribution in [0.15, 0.2) is 18.2 Å². The third-order valence-electron chi connectivity index (χ3n) is 3.74. The van der Waals surface area contributed by atoms with Gasteiger partial charge in [-0.2, -0.15) is 0 Å². The Morgan fingerprint density at radius 2 is 2.25 bits per heavy atom. The van der Waals surface area contributed by atoms with Gasteiger partial charge in [0, 0.05) is 30.7 Å². The van der Waals surface area contributed by atoms with Crippen molar-refractivity contribution in [2.24, 2.45) is 0 Å². The number of amides is 1. The number of non-ortho nitro benzene ring substituents is 1. The lowest BCUT2D eigenvalue weighted by Gasteiger charge is -2.36. The first kappa shape index (κ1) is 12.9. The van der Waals surface area contributed by atoms with Crippen LogP contribution in [0.2, 0.25) is 0 Å². The number of hydrogen-bond donors (Lipinski definition) is 1. The maximum absolute atomic E-state index is 11.9. The maximum atomic E-state index is 11.9. The smallest absolute Gasteiger partial charge is 0.270 e. The second kappa shape index (κ2) is 4.75. The lowest BCUT2D eigenvalue weighted by Crippen LogP contribution is -2.42. The van der Waals surface area contributed by atoms with Crippen LogP contribution in [-0.4, -0.2) is 40.1 Å². The Labute approximate surface area is 114 Å². The number of benzene rings is 1. The van der Waals surface area contributed by atoms with Crippen LogP contribution in [0.3, 0.4) is 0 Å². The van der Waals surface area contributed by atoms with Crippen LogP contribution in [0.5, 0.6) is 5.75 Å². The van der Waals surface area contributed by atoms with Gasteiger partial charge in [-0.1, -0.05) is 0 Å². The fourth-order valence-corrected chi connectivity index (χ4v) is 2.82. The third-order valence-corrected chi connectivity index (χ3v) is 3.74. The van der Waals surface area contributed by atoms with Crippen molar-refractivity contribution in [1.82, 2.24) is 4.90 Å². The van der Waals surface area contributed by atoms with Gasteiger partial charge in [-0.05, 0) is 12.5 Å². The Kier molecular flexibility index (Phi) is 3.06. The van der Waals surface area contributed by atoms with Gasteiger partial charge in [-0.3, -0.25) is 14.9 Å². The molecular formula is C13H14N2O5. The van der Waals surface area contributed by atoms with Gasteiger partial charge in [0.1, 0.15) is 18.5 Å². The Morgan fingerprint density at radius 3 is 2.90 bits per heavy atom. The van der Waals surface area contributed by atoms with Gasteiger partial charge in [-0.25, -0.2) is 0 Å². The van der Waals surface area contributed by atoms with Gasteiger partial charge in [-0.15, -0.1) is 0 Å². The molecule has 0 aliphatic carbocycles. The molecule has 1 amide bonds. The van der Waals surface area contributed by atoms with E-state index in [-0.39, 0.29) is 18.2 Å². The Morgan fingerprint density at radius 1 is 1.45 bits per heavy atom. The van der Waals surface area contributed by atoms with E-state index in [4.69, 9.17) is 4.74 Å². The molecule has 20 heavy (non-hydrogen) atoms. The van der Waals surface area contributed by atoms with Crippen molar-refractivity contribution < 1.29 is 19.6 Å². The molecule has 1 fully saturated rings. The molecule has 7 heteroatoms. The van der Waals surface area contributed by atoms with Crippen molar-refractivity contribution in [2.75, 3.05) is 13.2 Å². The molecule has 1 aromatic rings. The number of likely N-dealkylation sites (tertiary alicyclic amines) is 1. The molecule has 0 unspecified atom stereocenters. The summed E-state index contributed by atoms with van der Waals surface area (Å²) in [6.45, 7) is 0.641. The molecule has 2 aliphatic heterocycles. The molecule has 1 N–H and O–H groups in total. The van der Waals surface area contributed by atoms with Gasteiger partial charge < -0.3 is 14.7 Å². The summed E-state index contributed by atoms with van der Waals surface area (Å²) in [7, 11) is 0. The number of ether oxygens (including phenoxy) is 1. The molecule has 7 nitrogen and oxygen atoms in total. The van der Waals surface area contributed by atoms with Crippen molar-refractivity contribution >= 4 is 11.6 Å². The van der Waals surface area contributed by atoms with Crippen LogP contribution < -0.4 is 4.74 Å². The van der Waals surface area contributed by atoms with E-state index in [0.29, 0.717) is 24.3 Å². The quantitative estimate of drug-likeness (QED) is 0.643. The predicted molar refractivity (Wildman–Crippen MR) is 68.3 cm³/mol. The molecule has 2 heterocycles. The van der Waals surface area contributed by atoms with Gasteiger partial charge >= 0.3 is 0 Å². The molecule has 1 aromatic carbocycles. The lowest BCUT2D eigenvalue weighted by molar-refractivity contribution is -0.385. The number of hydrogen-bond acceptors (Lipinski definition) is 5. The first-order chi connectivity index (χ1) is 9.58. The fraction of sp³-hybridized carbons (Fsp3) is 0.462. The standard InChI is InChI=1S/C13H14N2O5/c16-10-7-20-11-4-3-8(15(18)19)6-9(11)13(10)14-5-1-2-12(14)17/h3-4,6,10,13,16H,1-2,5,7H2/t10-,13-/m1/s1. The summed E-state index contributed by atoms with van der Waals surface area (Å²) in [4.78, 5) is 23.9. The Balaban J connectivity index is 2.05. The second-order valence-corrected chi connectivity index (χ2v) is 4.99. The summed E-state index contributed by atoms with van der Waals surface area (Å²) >= 11 is 0. The topological polar surface area (TPSA) is 92.9 Å². The number of nitro groups is 1. The summed E-state index contributed by atoms with van der Waals surface area (Å²) in [5.74, 6) is 0.457. The number of aliphatic hydroxyl groups is 1. The van der Waals surface area contributed by atoms with Crippen molar-refractivity contribution in [1.29, 1.82) is 0 Å². The van der Waals surface area contributed by atoms with Crippen LogP contribution in [-0.2, 0) is 4.79 Å². The van der Waals surface area contributed by atoms with E-state index >= 15 is 0 Å². The van der Waals surface area contributed by atoms with Gasteiger partial charge in [0.05, 0.1) is 11.0 Å². The van der Waals surface area contributed by atoms with E-state index in [1.807, 2.05) is 0 Å². The predicted octanol–water partition coefficient (Wildman–Crippen LogP) is 1.01. The van der Waals surface area contributed by atoms with Crippen LogP contribution >= 0.6 is 0 Å². The summed E-state index contributed by atoms with van der Waals surface area (Å²) < 4.78 is 5.38. The summed E-state index contributed by atoms with van der Waals surface area (Å²) in [5, 5.41) is 21.0. The zero-order valence-corrected chi connectivity index (χ0v) is 10.7. The monoisotopic (exact) mass is 278 g/mol. The third kappa shape index (κ3) is 2.00. The number of carbonyl (C=O) groups is 1. The lowest BCUT2D eigenvalue weighted by atomic mass is 9.96. The summed E-state index contributed by atoms with van der Waals surface area (Å²) in [6, 6.07) is 3.70. The minimum atomic E-state index is -0.869. The number of nitrogens with zero attached hydrogens (tertiary/aromatic N) is 2. The van der Waals surface area contributed by atoms with Crippen LogP contribution in [0.1, 0.15) is 24.4 Å². The largest absolute Gasteiger partial charge is 0.490 e. The van der Waals surface area contributed by atoms with Gasteiger partial charge in [0.2, 0.25) is 5.91 Å². The minimum absolute atomic E-state index is 0.0339. The Bertz CT molecular complexity index is 574. The molecule has 2 aliphatic rings. The molecule has 2 atom stereocenters. The van der Waals surface area contributed by atoms with Crippen LogP contribution in [0.4, 0.5) is 5.69 Å². The van der Waals surface area contributed by atoms with E-state index in [9.17, 15) is 20.0 Å². The van der Waals surface area contributed by atoms with Gasteiger partial charge in [0.25, 0.3) is 5.69 Å². The zero-order valence-electron chi connectivity index (χ0n) is 10.7. The highest BCUT2D eigenvalue weighted by Crippen LogP contribution is 2.39. The van der Waals surface area contributed by atoms with E-state index in [2.05, 4.69) is 0 Å². The van der Waals surface area contributed by atoms with Crippen molar-refractivity contribution in [3.8, 4) is 5.75 Å². The van der Waals surface area contributed by atoms with Crippen LogP contribution in [0.25, 0.3) is 0 Å². The number of rotatable bonds is 2.